The highest BCUT2D eigenvalue weighted by molar-refractivity contribution is 6.08. The van der Waals surface area contributed by atoms with Crippen molar-refractivity contribution in [2.24, 2.45) is 11.8 Å². The van der Waals surface area contributed by atoms with Crippen LogP contribution in [-0.2, 0) is 14.4 Å². The van der Waals surface area contributed by atoms with E-state index in [1.165, 1.54) is 6.08 Å². The Kier molecular flexibility index (Phi) is 3.00. The molecule has 0 aromatic heterocycles. The zero-order valence-corrected chi connectivity index (χ0v) is 9.46. The first kappa shape index (κ1) is 11.8. The van der Waals surface area contributed by atoms with Crippen molar-refractivity contribution < 1.29 is 19.5 Å². The monoisotopic (exact) mass is 237 g/mol. The van der Waals surface area contributed by atoms with E-state index in [-0.39, 0.29) is 30.1 Å². The van der Waals surface area contributed by atoms with Gasteiger partial charge in [0.05, 0.1) is 11.8 Å². The largest absolute Gasteiger partial charge is 0.480 e. The van der Waals surface area contributed by atoms with Crippen molar-refractivity contribution in [1.29, 1.82) is 0 Å². The molecule has 3 atom stereocenters. The summed E-state index contributed by atoms with van der Waals surface area (Å²) in [4.78, 5) is 36.1. The van der Waals surface area contributed by atoms with Gasteiger partial charge in [-0.25, -0.2) is 4.79 Å². The SMILES string of the molecule is C=CCC(C(=O)O)N1C(=O)C2CCCC2C1=O. The van der Waals surface area contributed by atoms with Crippen LogP contribution < -0.4 is 0 Å². The van der Waals surface area contributed by atoms with Crippen LogP contribution in [0.15, 0.2) is 12.7 Å². The van der Waals surface area contributed by atoms with E-state index in [0.29, 0.717) is 12.8 Å². The molecular weight excluding hydrogens is 222 g/mol. The molecule has 17 heavy (non-hydrogen) atoms. The van der Waals surface area contributed by atoms with E-state index in [0.717, 1.165) is 11.3 Å². The molecule has 1 saturated carbocycles. The number of carboxylic acids is 1. The molecule has 5 nitrogen and oxygen atoms in total. The van der Waals surface area contributed by atoms with Crippen LogP contribution in [0, 0.1) is 11.8 Å². The summed E-state index contributed by atoms with van der Waals surface area (Å²) in [5.74, 6) is -2.34. The minimum atomic E-state index is -1.15. The van der Waals surface area contributed by atoms with Crippen LogP contribution in [-0.4, -0.2) is 33.8 Å². The van der Waals surface area contributed by atoms with Crippen LogP contribution in [0.2, 0.25) is 0 Å². The van der Waals surface area contributed by atoms with Gasteiger partial charge in [-0.2, -0.15) is 0 Å². The number of fused-ring (bicyclic) bond motifs is 1. The number of rotatable bonds is 4. The first-order valence-corrected chi connectivity index (χ1v) is 5.78. The van der Waals surface area contributed by atoms with E-state index >= 15 is 0 Å². The number of carbonyl (C=O) groups is 3. The first-order chi connectivity index (χ1) is 8.07. The Hall–Kier alpha value is -1.65. The number of amides is 2. The lowest BCUT2D eigenvalue weighted by atomic mass is 10.00. The molecule has 0 aromatic rings. The molecule has 0 spiro atoms. The van der Waals surface area contributed by atoms with Gasteiger partial charge in [-0.05, 0) is 19.3 Å². The number of likely N-dealkylation sites (tertiary alicyclic amines) is 1. The quantitative estimate of drug-likeness (QED) is 0.579. The van der Waals surface area contributed by atoms with Gasteiger partial charge in [-0.1, -0.05) is 12.5 Å². The summed E-state index contributed by atoms with van der Waals surface area (Å²) in [5, 5.41) is 9.07. The van der Waals surface area contributed by atoms with E-state index in [9.17, 15) is 14.4 Å². The maximum Gasteiger partial charge on any atom is 0.327 e. The fourth-order valence-electron chi connectivity index (χ4n) is 2.80. The van der Waals surface area contributed by atoms with Crippen molar-refractivity contribution in [3.05, 3.63) is 12.7 Å². The minimum absolute atomic E-state index is 0.103. The molecule has 5 heteroatoms. The molecular formula is C12H15NO4. The first-order valence-electron chi connectivity index (χ1n) is 5.78. The maximum absolute atomic E-state index is 12.0. The fraction of sp³-hybridized carbons (Fsp3) is 0.583. The minimum Gasteiger partial charge on any atom is -0.480 e. The van der Waals surface area contributed by atoms with Gasteiger partial charge in [0.25, 0.3) is 0 Å². The second-order valence-electron chi connectivity index (χ2n) is 4.57. The number of aliphatic carboxylic acids is 1. The van der Waals surface area contributed by atoms with Crippen molar-refractivity contribution in [3.63, 3.8) is 0 Å². The molecule has 0 bridgehead atoms. The van der Waals surface area contributed by atoms with E-state index in [1.54, 1.807) is 0 Å². The molecule has 2 fully saturated rings. The number of hydrogen-bond donors (Lipinski definition) is 1. The van der Waals surface area contributed by atoms with Crippen LogP contribution in [0.4, 0.5) is 0 Å². The van der Waals surface area contributed by atoms with Crippen LogP contribution in [0.3, 0.4) is 0 Å². The molecule has 1 heterocycles. The molecule has 3 unspecified atom stereocenters. The number of hydrogen-bond acceptors (Lipinski definition) is 3. The summed E-state index contributed by atoms with van der Waals surface area (Å²) in [7, 11) is 0. The van der Waals surface area contributed by atoms with Crippen LogP contribution >= 0.6 is 0 Å². The molecule has 1 aliphatic heterocycles. The summed E-state index contributed by atoms with van der Waals surface area (Å²) >= 11 is 0. The van der Waals surface area contributed by atoms with Gasteiger partial charge >= 0.3 is 5.97 Å². The number of imide groups is 1. The third-order valence-corrected chi connectivity index (χ3v) is 3.61. The van der Waals surface area contributed by atoms with E-state index in [1.807, 2.05) is 0 Å². The Labute approximate surface area is 99.1 Å². The second-order valence-corrected chi connectivity index (χ2v) is 4.57. The van der Waals surface area contributed by atoms with Gasteiger partial charge in [-0.15, -0.1) is 6.58 Å². The van der Waals surface area contributed by atoms with Gasteiger partial charge in [0.2, 0.25) is 11.8 Å². The highest BCUT2D eigenvalue weighted by Crippen LogP contribution is 2.40. The highest BCUT2D eigenvalue weighted by Gasteiger charge is 2.52. The van der Waals surface area contributed by atoms with E-state index < -0.39 is 12.0 Å². The molecule has 0 radical (unpaired) electrons. The number of nitrogens with zero attached hydrogens (tertiary/aromatic N) is 1. The zero-order chi connectivity index (χ0) is 12.6. The summed E-state index contributed by atoms with van der Waals surface area (Å²) in [6.07, 6.45) is 3.80. The van der Waals surface area contributed by atoms with Crippen molar-refractivity contribution in [2.75, 3.05) is 0 Å². The molecule has 92 valence electrons. The summed E-state index contributed by atoms with van der Waals surface area (Å²) < 4.78 is 0. The van der Waals surface area contributed by atoms with Gasteiger partial charge in [-0.3, -0.25) is 14.5 Å². The second kappa shape index (κ2) is 4.31. The molecule has 2 rings (SSSR count). The van der Waals surface area contributed by atoms with Crippen LogP contribution in [0.5, 0.6) is 0 Å². The molecule has 1 aliphatic carbocycles. The topological polar surface area (TPSA) is 74.7 Å². The summed E-state index contributed by atoms with van der Waals surface area (Å²) in [6, 6.07) is -1.09. The smallest absolute Gasteiger partial charge is 0.327 e. The lowest BCUT2D eigenvalue weighted by Gasteiger charge is -2.22. The van der Waals surface area contributed by atoms with Crippen molar-refractivity contribution in [1.82, 2.24) is 4.90 Å². The van der Waals surface area contributed by atoms with Crippen LogP contribution in [0.1, 0.15) is 25.7 Å². The molecule has 1 saturated heterocycles. The average molecular weight is 237 g/mol. The standard InChI is InChI=1S/C12H15NO4/c1-2-4-9(12(16)17)13-10(14)7-5-3-6-8(7)11(13)15/h2,7-9H,1,3-6H2,(H,16,17). The Morgan fingerprint density at radius 3 is 2.35 bits per heavy atom. The lowest BCUT2D eigenvalue weighted by molar-refractivity contribution is -0.155. The predicted molar refractivity (Wildman–Crippen MR) is 58.9 cm³/mol. The Bertz CT molecular complexity index is 368. The third-order valence-electron chi connectivity index (χ3n) is 3.61. The van der Waals surface area contributed by atoms with Crippen molar-refractivity contribution in [3.8, 4) is 0 Å². The molecule has 1 N–H and O–H groups in total. The van der Waals surface area contributed by atoms with Gasteiger partial charge in [0.1, 0.15) is 6.04 Å². The van der Waals surface area contributed by atoms with Crippen molar-refractivity contribution >= 4 is 17.8 Å². The highest BCUT2D eigenvalue weighted by atomic mass is 16.4. The Balaban J connectivity index is 2.26. The molecule has 2 amide bonds. The normalized spacial score (nSPS) is 29.3. The van der Waals surface area contributed by atoms with E-state index in [4.69, 9.17) is 5.11 Å². The van der Waals surface area contributed by atoms with Gasteiger partial charge in [0, 0.05) is 0 Å². The Morgan fingerprint density at radius 1 is 1.41 bits per heavy atom. The number of carboxylic acid groups (broad SMARTS) is 1. The lowest BCUT2D eigenvalue weighted by Crippen LogP contribution is -2.45. The predicted octanol–water partition coefficient (Wildman–Crippen LogP) is 0.801. The summed E-state index contributed by atoms with van der Waals surface area (Å²) in [5.41, 5.74) is 0. The van der Waals surface area contributed by atoms with Gasteiger partial charge < -0.3 is 5.11 Å². The number of carbonyl (C=O) groups excluding carboxylic acids is 2. The molecule has 2 aliphatic rings. The average Bonchev–Trinajstić information content (AvgIpc) is 2.82. The van der Waals surface area contributed by atoms with E-state index in [2.05, 4.69) is 6.58 Å². The maximum atomic E-state index is 12.0. The molecule has 0 aromatic carbocycles. The third kappa shape index (κ3) is 1.75. The zero-order valence-electron chi connectivity index (χ0n) is 9.46. The van der Waals surface area contributed by atoms with Crippen molar-refractivity contribution in [2.45, 2.75) is 31.7 Å². The fourth-order valence-corrected chi connectivity index (χ4v) is 2.80. The van der Waals surface area contributed by atoms with Crippen LogP contribution in [0.25, 0.3) is 0 Å². The van der Waals surface area contributed by atoms with Gasteiger partial charge in [0.15, 0.2) is 0 Å². The summed E-state index contributed by atoms with van der Waals surface area (Å²) in [6.45, 7) is 3.46. The Morgan fingerprint density at radius 2 is 1.94 bits per heavy atom.